The lowest BCUT2D eigenvalue weighted by Gasteiger charge is -2.30. The molecule has 2 unspecified atom stereocenters. The highest BCUT2D eigenvalue weighted by Gasteiger charge is 2.50. The number of amides is 1. The molecule has 1 aliphatic heterocycles. The summed E-state index contributed by atoms with van der Waals surface area (Å²) in [7, 11) is 0. The van der Waals surface area contributed by atoms with E-state index in [1.807, 2.05) is 0 Å². The first-order chi connectivity index (χ1) is 7.15. The number of alkyl halides is 1. The van der Waals surface area contributed by atoms with Crippen LogP contribution in [0.4, 0.5) is 9.18 Å². The molecule has 1 saturated heterocycles. The van der Waals surface area contributed by atoms with Gasteiger partial charge in [-0.2, -0.15) is 0 Å². The van der Waals surface area contributed by atoms with Gasteiger partial charge in [-0.1, -0.05) is 0 Å². The van der Waals surface area contributed by atoms with E-state index in [4.69, 9.17) is 4.74 Å². The number of carbonyl (C=O) groups is 1. The molecule has 4 nitrogen and oxygen atoms in total. The normalized spacial score (nSPS) is 39.3. The zero-order chi connectivity index (χ0) is 11.0. The van der Waals surface area contributed by atoms with E-state index < -0.39 is 24.4 Å². The molecule has 5 heteroatoms. The predicted octanol–water partition coefficient (Wildman–Crippen LogP) is 0.936. The number of hydrogen-bond donors (Lipinski definition) is 1. The first-order valence-electron chi connectivity index (χ1n) is 5.40. The molecule has 2 fully saturated rings. The van der Waals surface area contributed by atoms with Gasteiger partial charge in [0.15, 0.2) is 0 Å². The molecular formula is C10H16FNO3. The van der Waals surface area contributed by atoms with Crippen molar-refractivity contribution in [1.29, 1.82) is 0 Å². The zero-order valence-electron chi connectivity index (χ0n) is 8.73. The number of hydrogen-bond acceptors (Lipinski definition) is 3. The van der Waals surface area contributed by atoms with Gasteiger partial charge in [0.05, 0.1) is 18.8 Å². The van der Waals surface area contributed by atoms with Gasteiger partial charge in [-0.25, -0.2) is 9.18 Å². The van der Waals surface area contributed by atoms with Crippen LogP contribution >= 0.6 is 0 Å². The van der Waals surface area contributed by atoms with Gasteiger partial charge in [0, 0.05) is 12.5 Å². The van der Waals surface area contributed by atoms with Crippen LogP contribution in [0.2, 0.25) is 0 Å². The molecule has 0 aromatic carbocycles. The third-order valence-electron chi connectivity index (χ3n) is 3.31. The molecule has 2 rings (SSSR count). The Hall–Kier alpha value is -0.840. The second kappa shape index (κ2) is 3.96. The molecule has 1 amide bonds. The third-order valence-corrected chi connectivity index (χ3v) is 3.31. The number of halogens is 1. The summed E-state index contributed by atoms with van der Waals surface area (Å²) in [5, 5.41) is 9.78. The molecule has 15 heavy (non-hydrogen) atoms. The quantitative estimate of drug-likeness (QED) is 0.711. The van der Waals surface area contributed by atoms with Crippen molar-refractivity contribution in [3.63, 3.8) is 0 Å². The van der Waals surface area contributed by atoms with Crippen molar-refractivity contribution in [1.82, 2.24) is 4.90 Å². The Morgan fingerprint density at radius 1 is 1.60 bits per heavy atom. The van der Waals surface area contributed by atoms with Crippen molar-refractivity contribution in [2.45, 2.75) is 38.1 Å². The average Bonchev–Trinajstić information content (AvgIpc) is 2.40. The number of aliphatic hydroxyl groups is 1. The Labute approximate surface area is 88.0 Å². The fourth-order valence-corrected chi connectivity index (χ4v) is 2.56. The minimum atomic E-state index is -1.12. The predicted molar refractivity (Wildman–Crippen MR) is 51.1 cm³/mol. The smallest absolute Gasteiger partial charge is 0.410 e. The maximum atomic E-state index is 13.6. The van der Waals surface area contributed by atoms with E-state index in [2.05, 4.69) is 0 Å². The van der Waals surface area contributed by atoms with Crippen molar-refractivity contribution >= 4 is 6.09 Å². The largest absolute Gasteiger partial charge is 0.450 e. The second-order valence-corrected chi connectivity index (χ2v) is 4.19. The summed E-state index contributed by atoms with van der Waals surface area (Å²) in [5.41, 5.74) is 0. The number of ether oxygens (including phenoxy) is 1. The zero-order valence-corrected chi connectivity index (χ0v) is 8.73. The van der Waals surface area contributed by atoms with E-state index >= 15 is 0 Å². The molecular weight excluding hydrogens is 201 g/mol. The summed E-state index contributed by atoms with van der Waals surface area (Å²) < 4.78 is 18.4. The Balaban J connectivity index is 2.11. The Bertz CT molecular complexity index is 261. The van der Waals surface area contributed by atoms with Crippen molar-refractivity contribution in [2.75, 3.05) is 13.2 Å². The first-order valence-corrected chi connectivity index (χ1v) is 5.40. The highest BCUT2D eigenvalue weighted by molar-refractivity contribution is 5.69. The Morgan fingerprint density at radius 3 is 3.00 bits per heavy atom. The van der Waals surface area contributed by atoms with Gasteiger partial charge < -0.3 is 9.84 Å². The van der Waals surface area contributed by atoms with Gasteiger partial charge in [0.1, 0.15) is 6.17 Å². The maximum Gasteiger partial charge on any atom is 0.410 e. The Morgan fingerprint density at radius 2 is 2.33 bits per heavy atom. The van der Waals surface area contributed by atoms with E-state index in [1.165, 1.54) is 4.90 Å². The summed E-state index contributed by atoms with van der Waals surface area (Å²) in [6.07, 6.45) is -1.27. The molecule has 2 bridgehead atoms. The molecule has 1 aliphatic carbocycles. The van der Waals surface area contributed by atoms with Crippen molar-refractivity contribution in [3.05, 3.63) is 0 Å². The van der Waals surface area contributed by atoms with Crippen LogP contribution in [0.3, 0.4) is 0 Å². The molecule has 0 radical (unpaired) electrons. The van der Waals surface area contributed by atoms with Crippen molar-refractivity contribution in [2.24, 2.45) is 5.92 Å². The van der Waals surface area contributed by atoms with Gasteiger partial charge in [-0.15, -0.1) is 0 Å². The van der Waals surface area contributed by atoms with Crippen LogP contribution in [0.1, 0.15) is 19.8 Å². The van der Waals surface area contributed by atoms with Gasteiger partial charge in [0.2, 0.25) is 0 Å². The summed E-state index contributed by atoms with van der Waals surface area (Å²) >= 11 is 0. The average molecular weight is 217 g/mol. The van der Waals surface area contributed by atoms with Gasteiger partial charge in [0.25, 0.3) is 0 Å². The second-order valence-electron chi connectivity index (χ2n) is 4.19. The van der Waals surface area contributed by atoms with E-state index in [0.717, 1.165) is 0 Å². The van der Waals surface area contributed by atoms with Crippen LogP contribution in [-0.4, -0.2) is 47.6 Å². The summed E-state index contributed by atoms with van der Waals surface area (Å²) in [6.45, 7) is 2.41. The van der Waals surface area contributed by atoms with Crippen LogP contribution in [0.15, 0.2) is 0 Å². The number of rotatable bonds is 1. The van der Waals surface area contributed by atoms with Crippen LogP contribution < -0.4 is 0 Å². The van der Waals surface area contributed by atoms with E-state index in [1.54, 1.807) is 6.92 Å². The molecule has 0 aromatic heterocycles. The van der Waals surface area contributed by atoms with E-state index in [9.17, 15) is 14.3 Å². The topological polar surface area (TPSA) is 49.8 Å². The minimum Gasteiger partial charge on any atom is -0.450 e. The third kappa shape index (κ3) is 1.69. The lowest BCUT2D eigenvalue weighted by molar-refractivity contribution is 0.0146. The molecule has 1 heterocycles. The Kier molecular flexibility index (Phi) is 2.82. The molecule has 2 aliphatic rings. The van der Waals surface area contributed by atoms with Gasteiger partial charge in [-0.05, 0) is 19.8 Å². The SMILES string of the molecule is CCOC(=O)N1CC2CC[C@@H](F)C1[C@H]2O. The van der Waals surface area contributed by atoms with Crippen LogP contribution in [0.25, 0.3) is 0 Å². The molecule has 4 atom stereocenters. The fraction of sp³-hybridized carbons (Fsp3) is 0.900. The number of carbonyl (C=O) groups excluding carboxylic acids is 1. The molecule has 0 spiro atoms. The summed E-state index contributed by atoms with van der Waals surface area (Å²) in [4.78, 5) is 12.8. The van der Waals surface area contributed by atoms with Gasteiger partial charge >= 0.3 is 6.09 Å². The minimum absolute atomic E-state index is 0.0198. The summed E-state index contributed by atoms with van der Waals surface area (Å²) in [5.74, 6) is 0.0198. The number of fused-ring (bicyclic) bond motifs is 2. The van der Waals surface area contributed by atoms with Crippen molar-refractivity contribution in [3.8, 4) is 0 Å². The molecule has 1 saturated carbocycles. The van der Waals surface area contributed by atoms with E-state index in [-0.39, 0.29) is 12.5 Å². The number of likely N-dealkylation sites (tertiary alicyclic amines) is 1. The molecule has 0 aromatic rings. The van der Waals surface area contributed by atoms with Crippen LogP contribution in [0, 0.1) is 5.92 Å². The van der Waals surface area contributed by atoms with Crippen LogP contribution in [0.5, 0.6) is 0 Å². The van der Waals surface area contributed by atoms with Crippen LogP contribution in [-0.2, 0) is 4.74 Å². The molecule has 86 valence electrons. The number of aliphatic hydroxyl groups excluding tert-OH is 1. The monoisotopic (exact) mass is 217 g/mol. The lowest BCUT2D eigenvalue weighted by atomic mass is 9.86. The summed E-state index contributed by atoms with van der Waals surface area (Å²) in [6, 6.07) is -0.692. The molecule has 1 N–H and O–H groups in total. The maximum absolute atomic E-state index is 13.6. The van der Waals surface area contributed by atoms with E-state index in [0.29, 0.717) is 19.4 Å². The highest BCUT2D eigenvalue weighted by atomic mass is 19.1. The van der Waals surface area contributed by atoms with Crippen molar-refractivity contribution < 1.29 is 19.0 Å². The van der Waals surface area contributed by atoms with Gasteiger partial charge in [-0.3, -0.25) is 4.90 Å². The lowest BCUT2D eigenvalue weighted by Crippen LogP contribution is -2.47. The first kappa shape index (κ1) is 10.7. The fourth-order valence-electron chi connectivity index (χ4n) is 2.56. The standard InChI is InChI=1S/C10H16FNO3/c1-2-15-10(14)12-5-6-3-4-7(11)8(12)9(6)13/h6-9,13H,2-5H2,1H3/t6?,7-,8?,9+/m1/s1. The number of nitrogens with zero attached hydrogens (tertiary/aromatic N) is 1. The highest BCUT2D eigenvalue weighted by Crippen LogP contribution is 2.37.